The standard InChI is InChI=1S/C14H28N2/c1-14(2)7-4-13(5-8-14)16(3)11-12-6-9-15-10-12/h12-13,15H,4-11H2,1-3H3. The van der Waals surface area contributed by atoms with Gasteiger partial charge in [0.25, 0.3) is 0 Å². The van der Waals surface area contributed by atoms with Gasteiger partial charge in [-0.15, -0.1) is 0 Å². The summed E-state index contributed by atoms with van der Waals surface area (Å²) in [5, 5.41) is 3.47. The minimum Gasteiger partial charge on any atom is -0.316 e. The van der Waals surface area contributed by atoms with Crippen LogP contribution >= 0.6 is 0 Å². The molecule has 1 saturated heterocycles. The molecular weight excluding hydrogens is 196 g/mol. The van der Waals surface area contributed by atoms with Gasteiger partial charge in [0.05, 0.1) is 0 Å². The first-order valence-electron chi connectivity index (χ1n) is 6.98. The van der Waals surface area contributed by atoms with Crippen molar-refractivity contribution in [2.75, 3.05) is 26.7 Å². The van der Waals surface area contributed by atoms with Crippen LogP contribution in [0, 0.1) is 11.3 Å². The van der Waals surface area contributed by atoms with Gasteiger partial charge in [-0.3, -0.25) is 0 Å². The molecule has 2 fully saturated rings. The van der Waals surface area contributed by atoms with Gasteiger partial charge in [-0.2, -0.15) is 0 Å². The lowest BCUT2D eigenvalue weighted by molar-refractivity contribution is 0.117. The number of hydrogen-bond donors (Lipinski definition) is 1. The fraction of sp³-hybridized carbons (Fsp3) is 1.00. The Morgan fingerprint density at radius 1 is 1.19 bits per heavy atom. The molecule has 2 heteroatoms. The third kappa shape index (κ3) is 3.21. The first kappa shape index (κ1) is 12.4. The lowest BCUT2D eigenvalue weighted by atomic mass is 9.75. The van der Waals surface area contributed by atoms with Crippen LogP contribution in [0.4, 0.5) is 0 Å². The lowest BCUT2D eigenvalue weighted by Gasteiger charge is -2.39. The highest BCUT2D eigenvalue weighted by atomic mass is 15.1. The largest absolute Gasteiger partial charge is 0.316 e. The molecule has 2 rings (SSSR count). The highest BCUT2D eigenvalue weighted by Gasteiger charge is 2.29. The second kappa shape index (κ2) is 5.05. The molecule has 1 saturated carbocycles. The van der Waals surface area contributed by atoms with Crippen molar-refractivity contribution in [2.24, 2.45) is 11.3 Å². The maximum absolute atomic E-state index is 3.47. The van der Waals surface area contributed by atoms with Crippen molar-refractivity contribution < 1.29 is 0 Å². The molecule has 0 aromatic rings. The molecule has 0 bridgehead atoms. The smallest absolute Gasteiger partial charge is 0.00927 e. The summed E-state index contributed by atoms with van der Waals surface area (Å²) in [6.07, 6.45) is 7.01. The van der Waals surface area contributed by atoms with Crippen molar-refractivity contribution >= 4 is 0 Å². The summed E-state index contributed by atoms with van der Waals surface area (Å²) in [6, 6.07) is 0.855. The molecule has 1 unspecified atom stereocenters. The number of nitrogens with one attached hydrogen (secondary N) is 1. The van der Waals surface area contributed by atoms with E-state index in [1.807, 2.05) is 0 Å². The van der Waals surface area contributed by atoms with Gasteiger partial charge in [-0.25, -0.2) is 0 Å². The van der Waals surface area contributed by atoms with Crippen molar-refractivity contribution in [3.05, 3.63) is 0 Å². The molecule has 1 atom stereocenters. The topological polar surface area (TPSA) is 15.3 Å². The predicted molar refractivity (Wildman–Crippen MR) is 69.6 cm³/mol. The van der Waals surface area contributed by atoms with Crippen LogP contribution in [-0.4, -0.2) is 37.6 Å². The van der Waals surface area contributed by atoms with Gasteiger partial charge in [0.15, 0.2) is 0 Å². The quantitative estimate of drug-likeness (QED) is 0.792. The summed E-state index contributed by atoms with van der Waals surface area (Å²) in [6.45, 7) is 8.62. The zero-order chi connectivity index (χ0) is 11.6. The summed E-state index contributed by atoms with van der Waals surface area (Å²) in [5.41, 5.74) is 0.603. The van der Waals surface area contributed by atoms with Crippen LogP contribution in [0.1, 0.15) is 46.0 Å². The fourth-order valence-corrected chi connectivity index (χ4v) is 3.25. The zero-order valence-electron chi connectivity index (χ0n) is 11.3. The van der Waals surface area contributed by atoms with E-state index in [0.29, 0.717) is 5.41 Å². The van der Waals surface area contributed by atoms with Crippen molar-refractivity contribution in [3.8, 4) is 0 Å². The molecule has 0 aromatic heterocycles. The number of nitrogens with zero attached hydrogens (tertiary/aromatic N) is 1. The van der Waals surface area contributed by atoms with E-state index in [0.717, 1.165) is 12.0 Å². The molecule has 94 valence electrons. The van der Waals surface area contributed by atoms with Crippen molar-refractivity contribution in [3.63, 3.8) is 0 Å². The molecule has 0 radical (unpaired) electrons. The maximum atomic E-state index is 3.47. The first-order valence-corrected chi connectivity index (χ1v) is 6.98. The molecule has 1 aliphatic carbocycles. The Kier molecular flexibility index (Phi) is 3.91. The zero-order valence-corrected chi connectivity index (χ0v) is 11.3. The van der Waals surface area contributed by atoms with Gasteiger partial charge >= 0.3 is 0 Å². The molecule has 2 nitrogen and oxygen atoms in total. The Morgan fingerprint density at radius 2 is 1.88 bits per heavy atom. The molecular formula is C14H28N2. The van der Waals surface area contributed by atoms with Gasteiger partial charge in [0, 0.05) is 12.6 Å². The normalized spacial score (nSPS) is 31.1. The molecule has 1 aliphatic heterocycles. The van der Waals surface area contributed by atoms with Gasteiger partial charge < -0.3 is 10.2 Å². The van der Waals surface area contributed by atoms with E-state index in [1.54, 1.807) is 0 Å². The fourth-order valence-electron chi connectivity index (χ4n) is 3.25. The van der Waals surface area contributed by atoms with E-state index in [-0.39, 0.29) is 0 Å². The van der Waals surface area contributed by atoms with Crippen LogP contribution in [0.15, 0.2) is 0 Å². The Morgan fingerprint density at radius 3 is 2.44 bits per heavy atom. The Balaban J connectivity index is 1.75. The highest BCUT2D eigenvalue weighted by molar-refractivity contribution is 4.84. The molecule has 0 spiro atoms. The summed E-state index contributed by atoms with van der Waals surface area (Å²) in [7, 11) is 2.33. The Hall–Kier alpha value is -0.0800. The van der Waals surface area contributed by atoms with Gasteiger partial charge in [0.1, 0.15) is 0 Å². The minimum absolute atomic E-state index is 0.603. The average molecular weight is 224 g/mol. The van der Waals surface area contributed by atoms with Crippen LogP contribution in [-0.2, 0) is 0 Å². The molecule has 0 amide bonds. The van der Waals surface area contributed by atoms with Crippen LogP contribution < -0.4 is 5.32 Å². The minimum atomic E-state index is 0.603. The summed E-state index contributed by atoms with van der Waals surface area (Å²) in [5.74, 6) is 0.903. The van der Waals surface area contributed by atoms with Crippen LogP contribution in [0.5, 0.6) is 0 Å². The summed E-state index contributed by atoms with van der Waals surface area (Å²) >= 11 is 0. The van der Waals surface area contributed by atoms with E-state index >= 15 is 0 Å². The van der Waals surface area contributed by atoms with Crippen molar-refractivity contribution in [2.45, 2.75) is 52.0 Å². The third-order valence-electron chi connectivity index (χ3n) is 4.64. The van der Waals surface area contributed by atoms with E-state index < -0.39 is 0 Å². The SMILES string of the molecule is CN(CC1CCNC1)C1CCC(C)(C)CC1. The second-order valence-corrected chi connectivity index (χ2v) is 6.69. The molecule has 0 aromatic carbocycles. The van der Waals surface area contributed by atoms with Gasteiger partial charge in [-0.05, 0) is 63.6 Å². The average Bonchev–Trinajstić information content (AvgIpc) is 2.70. The maximum Gasteiger partial charge on any atom is 0.00927 e. The molecule has 1 heterocycles. The summed E-state index contributed by atoms with van der Waals surface area (Å²) in [4.78, 5) is 2.63. The van der Waals surface area contributed by atoms with Gasteiger partial charge in [0.2, 0.25) is 0 Å². The molecule has 1 N–H and O–H groups in total. The predicted octanol–water partition coefficient (Wildman–Crippen LogP) is 2.50. The number of hydrogen-bond acceptors (Lipinski definition) is 2. The Bertz CT molecular complexity index is 209. The van der Waals surface area contributed by atoms with E-state index in [1.165, 1.54) is 51.7 Å². The van der Waals surface area contributed by atoms with E-state index in [4.69, 9.17) is 0 Å². The lowest BCUT2D eigenvalue weighted by Crippen LogP contribution is -2.40. The van der Waals surface area contributed by atoms with Crippen LogP contribution in [0.25, 0.3) is 0 Å². The third-order valence-corrected chi connectivity index (χ3v) is 4.64. The molecule has 2 aliphatic rings. The number of rotatable bonds is 3. The highest BCUT2D eigenvalue weighted by Crippen LogP contribution is 2.36. The van der Waals surface area contributed by atoms with Crippen LogP contribution in [0.2, 0.25) is 0 Å². The van der Waals surface area contributed by atoms with Crippen LogP contribution in [0.3, 0.4) is 0 Å². The first-order chi connectivity index (χ1) is 7.57. The van der Waals surface area contributed by atoms with E-state index in [2.05, 4.69) is 31.1 Å². The van der Waals surface area contributed by atoms with Crippen molar-refractivity contribution in [1.29, 1.82) is 0 Å². The monoisotopic (exact) mass is 224 g/mol. The Labute approximate surface area is 101 Å². The van der Waals surface area contributed by atoms with Crippen molar-refractivity contribution in [1.82, 2.24) is 10.2 Å². The van der Waals surface area contributed by atoms with E-state index in [9.17, 15) is 0 Å². The molecule has 16 heavy (non-hydrogen) atoms. The summed E-state index contributed by atoms with van der Waals surface area (Å²) < 4.78 is 0. The second-order valence-electron chi connectivity index (χ2n) is 6.69. The van der Waals surface area contributed by atoms with Gasteiger partial charge in [-0.1, -0.05) is 13.8 Å².